The van der Waals surface area contributed by atoms with Crippen molar-refractivity contribution in [3.05, 3.63) is 112 Å². The fourth-order valence-corrected chi connectivity index (χ4v) is 4.13. The number of rotatable bonds is 7. The van der Waals surface area contributed by atoms with Gasteiger partial charge in [0, 0.05) is 12.6 Å². The molecule has 0 fully saturated rings. The molecular weight excluding hydrogens is 630 g/mol. The van der Waals surface area contributed by atoms with E-state index in [4.69, 9.17) is 10.00 Å². The number of nitriles is 1. The fourth-order valence-electron chi connectivity index (χ4n) is 4.13. The Kier molecular flexibility index (Phi) is 13.9. The number of nitrogens with zero attached hydrogens (tertiary/aromatic N) is 3. The zero-order valence-electron chi connectivity index (χ0n) is 27.7. The van der Waals surface area contributed by atoms with Gasteiger partial charge in [0.25, 0.3) is 5.91 Å². The van der Waals surface area contributed by atoms with E-state index >= 15 is 0 Å². The van der Waals surface area contributed by atoms with Gasteiger partial charge in [0.15, 0.2) is 5.69 Å². The molecule has 1 heterocycles. The molecule has 13 heteroatoms. The molecule has 0 aliphatic rings. The third kappa shape index (κ3) is 10.7. The van der Waals surface area contributed by atoms with Crippen LogP contribution in [0.25, 0.3) is 5.69 Å². The number of amides is 2. The number of ether oxygens (including phenoxy) is 1. The largest absolute Gasteiger partial charge is 0.444 e. The molecule has 0 bridgehead atoms. The van der Waals surface area contributed by atoms with Crippen LogP contribution in [0.1, 0.15) is 93.0 Å². The molecule has 0 aliphatic heterocycles. The van der Waals surface area contributed by atoms with Crippen molar-refractivity contribution < 1.29 is 37.0 Å². The Morgan fingerprint density at radius 2 is 1.60 bits per heavy atom. The Morgan fingerprint density at radius 1 is 0.958 bits per heavy atom. The number of hydrogen-bond donors (Lipinski definition) is 3. The van der Waals surface area contributed by atoms with Crippen LogP contribution in [0.15, 0.2) is 72.8 Å². The third-order valence-corrected chi connectivity index (χ3v) is 6.11. The molecule has 3 aromatic carbocycles. The molecule has 48 heavy (non-hydrogen) atoms. The smallest absolute Gasteiger partial charge is 0.435 e. The van der Waals surface area contributed by atoms with Gasteiger partial charge in [-0.3, -0.25) is 4.79 Å². The second-order valence-electron chi connectivity index (χ2n) is 10.7. The van der Waals surface area contributed by atoms with Gasteiger partial charge < -0.3 is 20.5 Å². The quantitative estimate of drug-likeness (QED) is 0.170. The summed E-state index contributed by atoms with van der Waals surface area (Å²) in [5.74, 6) is -2.01. The fraction of sp³-hybridized carbons (Fsp3) is 0.314. The molecule has 0 radical (unpaired) electrons. The maximum absolute atomic E-state index is 14.8. The van der Waals surface area contributed by atoms with Crippen molar-refractivity contribution in [1.82, 2.24) is 15.1 Å². The van der Waals surface area contributed by atoms with E-state index in [1.807, 2.05) is 33.8 Å². The van der Waals surface area contributed by atoms with Crippen LogP contribution in [-0.4, -0.2) is 32.5 Å². The van der Waals surface area contributed by atoms with Crippen LogP contribution in [0.5, 0.6) is 0 Å². The minimum absolute atomic E-state index is 0.0325. The van der Waals surface area contributed by atoms with Gasteiger partial charge >= 0.3 is 12.3 Å². The van der Waals surface area contributed by atoms with E-state index in [0.717, 1.165) is 16.8 Å². The third-order valence-electron chi connectivity index (χ3n) is 6.11. The molecular formula is C35H39F4N5O4. The lowest BCUT2D eigenvalue weighted by Crippen LogP contribution is -2.32. The van der Waals surface area contributed by atoms with Gasteiger partial charge in [-0.1, -0.05) is 58.0 Å². The topological polar surface area (TPSA) is 129 Å². The molecule has 4 rings (SSSR count). The highest BCUT2D eigenvalue weighted by atomic mass is 19.4. The summed E-state index contributed by atoms with van der Waals surface area (Å²) in [6.07, 6.45) is -6.89. The lowest BCUT2D eigenvalue weighted by atomic mass is 9.99. The van der Waals surface area contributed by atoms with E-state index in [-0.39, 0.29) is 23.4 Å². The van der Waals surface area contributed by atoms with Crippen molar-refractivity contribution >= 4 is 17.7 Å². The summed E-state index contributed by atoms with van der Waals surface area (Å²) < 4.78 is 61.7. The average Bonchev–Trinajstić information content (AvgIpc) is 3.53. The van der Waals surface area contributed by atoms with Gasteiger partial charge in [-0.15, -0.1) is 0 Å². The number of alkyl halides is 3. The Hall–Kier alpha value is -5.22. The van der Waals surface area contributed by atoms with Crippen LogP contribution >= 0.6 is 0 Å². The molecule has 0 spiro atoms. The highest BCUT2D eigenvalue weighted by molar-refractivity contribution is 6.03. The Labute approximate surface area is 277 Å². The molecule has 1 unspecified atom stereocenters. The predicted octanol–water partition coefficient (Wildman–Crippen LogP) is 8.31. The van der Waals surface area contributed by atoms with Gasteiger partial charge in [-0.25, -0.2) is 13.9 Å². The normalized spacial score (nSPS) is 11.5. The predicted molar refractivity (Wildman–Crippen MR) is 174 cm³/mol. The number of anilines is 1. The monoisotopic (exact) mass is 669 g/mol. The summed E-state index contributed by atoms with van der Waals surface area (Å²) in [4.78, 5) is 25.3. The average molecular weight is 670 g/mol. The second-order valence-corrected chi connectivity index (χ2v) is 10.7. The summed E-state index contributed by atoms with van der Waals surface area (Å²) in [6, 6.07) is 17.9. The summed E-state index contributed by atoms with van der Waals surface area (Å²) >= 11 is 0. The number of aromatic nitrogens is 2. The maximum atomic E-state index is 14.8. The minimum atomic E-state index is -4.90. The van der Waals surface area contributed by atoms with E-state index in [2.05, 4.69) is 15.7 Å². The number of carbonyl (C=O) groups excluding carboxylic acids is 2. The summed E-state index contributed by atoms with van der Waals surface area (Å²) in [5.41, 5.74) is -1.74. The van der Waals surface area contributed by atoms with Gasteiger partial charge in [-0.2, -0.15) is 23.5 Å². The zero-order valence-corrected chi connectivity index (χ0v) is 27.7. The molecule has 1 atom stereocenters. The number of aliphatic hydroxyl groups is 1. The van der Waals surface area contributed by atoms with Crippen LogP contribution in [0.3, 0.4) is 0 Å². The SMILES string of the molecule is CC.CC.CC(C)(C)OC(=O)NCc1cccc(-n2nc(C(F)(F)F)cc2C(=O)Nc2cc(C(O)c3cccc(C#N)c3)ccc2F)c1. The van der Waals surface area contributed by atoms with E-state index in [0.29, 0.717) is 17.2 Å². The maximum Gasteiger partial charge on any atom is 0.435 e. The van der Waals surface area contributed by atoms with Crippen molar-refractivity contribution in [2.45, 2.75) is 72.9 Å². The standard InChI is InChI=1S/C31H27F4N5O4.2C2H6/c1-30(2,3)44-29(43)37-17-19-7-5-9-22(13-19)40-25(15-26(39-40)31(33,34)35)28(42)38-24-14-21(10-11-23(24)32)27(41)20-8-4-6-18(12-20)16-36;2*1-2/h4-15,27,41H,17H2,1-3H3,(H,37,43)(H,38,42);2*1-2H3. The Balaban J connectivity index is 0.00000193. The van der Waals surface area contributed by atoms with E-state index < -0.39 is 52.8 Å². The van der Waals surface area contributed by atoms with Crippen LogP contribution in [-0.2, 0) is 17.5 Å². The first-order valence-corrected chi connectivity index (χ1v) is 15.2. The zero-order chi connectivity index (χ0) is 36.2. The molecule has 3 N–H and O–H groups in total. The molecule has 2 amide bonds. The molecule has 9 nitrogen and oxygen atoms in total. The van der Waals surface area contributed by atoms with Crippen LogP contribution in [0.4, 0.5) is 28.0 Å². The van der Waals surface area contributed by atoms with Crippen molar-refractivity contribution in [3.63, 3.8) is 0 Å². The molecule has 1 aromatic heterocycles. The van der Waals surface area contributed by atoms with Crippen LogP contribution < -0.4 is 10.6 Å². The summed E-state index contributed by atoms with van der Waals surface area (Å²) in [5, 5.41) is 28.3. The van der Waals surface area contributed by atoms with Gasteiger partial charge in [0.05, 0.1) is 23.0 Å². The number of carbonyl (C=O) groups is 2. The lowest BCUT2D eigenvalue weighted by Gasteiger charge is -2.19. The highest BCUT2D eigenvalue weighted by Crippen LogP contribution is 2.31. The molecule has 0 saturated carbocycles. The summed E-state index contributed by atoms with van der Waals surface area (Å²) in [7, 11) is 0. The Morgan fingerprint density at radius 3 is 2.23 bits per heavy atom. The van der Waals surface area contributed by atoms with Crippen molar-refractivity contribution in [2.24, 2.45) is 0 Å². The number of hydrogen-bond acceptors (Lipinski definition) is 6. The van der Waals surface area contributed by atoms with Crippen molar-refractivity contribution in [2.75, 3.05) is 5.32 Å². The van der Waals surface area contributed by atoms with Crippen LogP contribution in [0, 0.1) is 17.1 Å². The van der Waals surface area contributed by atoms with E-state index in [9.17, 15) is 32.3 Å². The van der Waals surface area contributed by atoms with E-state index in [1.54, 1.807) is 39.0 Å². The molecule has 0 aliphatic carbocycles. The molecule has 256 valence electrons. The highest BCUT2D eigenvalue weighted by Gasteiger charge is 2.36. The lowest BCUT2D eigenvalue weighted by molar-refractivity contribution is -0.141. The first kappa shape index (κ1) is 39.0. The minimum Gasteiger partial charge on any atom is -0.444 e. The second kappa shape index (κ2) is 17.1. The number of nitrogens with one attached hydrogen (secondary N) is 2. The van der Waals surface area contributed by atoms with Gasteiger partial charge in [0.1, 0.15) is 23.2 Å². The van der Waals surface area contributed by atoms with Gasteiger partial charge in [0.2, 0.25) is 0 Å². The molecule has 4 aromatic rings. The van der Waals surface area contributed by atoms with Crippen molar-refractivity contribution in [3.8, 4) is 11.8 Å². The van der Waals surface area contributed by atoms with Crippen LogP contribution in [0.2, 0.25) is 0 Å². The summed E-state index contributed by atoms with van der Waals surface area (Å²) in [6.45, 7) is 13.0. The molecule has 0 saturated heterocycles. The Bertz CT molecular complexity index is 1740. The first-order chi connectivity index (χ1) is 22.6. The van der Waals surface area contributed by atoms with Crippen molar-refractivity contribution in [1.29, 1.82) is 5.26 Å². The number of alkyl carbamates (subject to hydrolysis) is 1. The number of halogens is 4. The number of aliphatic hydroxyl groups excluding tert-OH is 1. The first-order valence-electron chi connectivity index (χ1n) is 15.2. The number of benzene rings is 3. The van der Waals surface area contributed by atoms with Gasteiger partial charge in [-0.05, 0) is 73.9 Å². The van der Waals surface area contributed by atoms with E-state index in [1.165, 1.54) is 36.4 Å².